The molecule has 0 fully saturated rings. The third-order valence-corrected chi connectivity index (χ3v) is 1.88. The van der Waals surface area contributed by atoms with Crippen LogP contribution < -0.4 is 11.5 Å². The second-order valence-corrected chi connectivity index (χ2v) is 3.47. The van der Waals surface area contributed by atoms with Crippen LogP contribution in [0.2, 0.25) is 0 Å². The molecule has 5 heteroatoms. The van der Waals surface area contributed by atoms with Crippen LogP contribution in [0.15, 0.2) is 30.3 Å². The summed E-state index contributed by atoms with van der Waals surface area (Å²) in [6, 6.07) is 10.4. The first-order chi connectivity index (χ1) is 9.65. The second kappa shape index (κ2) is 15.2. The highest BCUT2D eigenvalue weighted by Crippen LogP contribution is 2.02. The Balaban J connectivity index is 0. The fourth-order valence-electron chi connectivity index (χ4n) is 1.16. The van der Waals surface area contributed by atoms with Gasteiger partial charge in [-0.15, -0.1) is 0 Å². The zero-order valence-electron chi connectivity index (χ0n) is 12.5. The summed E-state index contributed by atoms with van der Waals surface area (Å²) in [4.78, 5) is 11.2. The number of hydrogen-bond donors (Lipinski definition) is 2. The maximum atomic E-state index is 11.2. The summed E-state index contributed by atoms with van der Waals surface area (Å²) in [6.07, 6.45) is 0.422. The summed E-state index contributed by atoms with van der Waals surface area (Å²) in [5.41, 5.74) is 11.4. The van der Waals surface area contributed by atoms with E-state index in [1.807, 2.05) is 51.1 Å². The summed E-state index contributed by atoms with van der Waals surface area (Å²) >= 11 is 0. The fourth-order valence-corrected chi connectivity index (χ4v) is 1.16. The van der Waals surface area contributed by atoms with Crippen LogP contribution >= 0.6 is 0 Å². The molecule has 0 heterocycles. The van der Waals surface area contributed by atoms with Crippen molar-refractivity contribution in [2.45, 2.75) is 33.2 Å². The fraction of sp³-hybridized carbons (Fsp3) is 0.467. The average Bonchev–Trinajstić information content (AvgIpc) is 2.48. The summed E-state index contributed by atoms with van der Waals surface area (Å²) < 4.78 is 4.60. The number of hydrogen-bond acceptors (Lipinski definition) is 5. The van der Waals surface area contributed by atoms with Crippen molar-refractivity contribution in [1.29, 1.82) is 5.26 Å². The molecule has 0 aliphatic rings. The Labute approximate surface area is 121 Å². The highest BCUT2D eigenvalue weighted by molar-refractivity contribution is 5.76. The maximum absolute atomic E-state index is 11.2. The molecule has 1 aromatic carbocycles. The standard InChI is InChI=1S/C11H12N2O2.C2H7N.C2H6/c12-6-7-15-11(14)10(13)8-9-4-2-1-3-5-9;1-2-3;1-2/h1-5,10H,7-8,13H2;2-3H2,1H3;1-2H3. The van der Waals surface area contributed by atoms with E-state index in [9.17, 15) is 4.79 Å². The van der Waals surface area contributed by atoms with Gasteiger partial charge in [-0.1, -0.05) is 51.1 Å². The summed E-state index contributed by atoms with van der Waals surface area (Å²) in [7, 11) is 0. The van der Waals surface area contributed by atoms with Crippen LogP contribution in [0.3, 0.4) is 0 Å². The first-order valence-electron chi connectivity index (χ1n) is 6.68. The van der Waals surface area contributed by atoms with Crippen LogP contribution in [0.4, 0.5) is 0 Å². The van der Waals surface area contributed by atoms with Gasteiger partial charge in [-0.2, -0.15) is 5.26 Å². The summed E-state index contributed by atoms with van der Waals surface area (Å²) in [6.45, 7) is 6.40. The SMILES string of the molecule is CC.CCN.N#CCOC(=O)C(N)Cc1ccccc1. The molecule has 4 N–H and O–H groups in total. The number of carbonyl (C=O) groups is 1. The van der Waals surface area contributed by atoms with Gasteiger partial charge in [0.15, 0.2) is 6.61 Å². The number of rotatable bonds is 4. The number of benzene rings is 1. The maximum Gasteiger partial charge on any atom is 0.324 e. The first-order valence-corrected chi connectivity index (χ1v) is 6.68. The normalized spacial score (nSPS) is 9.80. The van der Waals surface area contributed by atoms with E-state index >= 15 is 0 Å². The zero-order valence-corrected chi connectivity index (χ0v) is 12.5. The molecule has 1 atom stereocenters. The van der Waals surface area contributed by atoms with Crippen molar-refractivity contribution in [2.75, 3.05) is 13.2 Å². The molecule has 0 aromatic heterocycles. The molecular weight excluding hydrogens is 254 g/mol. The van der Waals surface area contributed by atoms with E-state index in [0.717, 1.165) is 12.1 Å². The van der Waals surface area contributed by atoms with Gasteiger partial charge in [0.25, 0.3) is 0 Å². The van der Waals surface area contributed by atoms with E-state index < -0.39 is 12.0 Å². The van der Waals surface area contributed by atoms with Crippen LogP contribution in [0.25, 0.3) is 0 Å². The minimum Gasteiger partial charge on any atom is -0.449 e. The van der Waals surface area contributed by atoms with Gasteiger partial charge in [-0.05, 0) is 18.5 Å². The quantitative estimate of drug-likeness (QED) is 0.815. The van der Waals surface area contributed by atoms with Gasteiger partial charge in [0.05, 0.1) is 0 Å². The van der Waals surface area contributed by atoms with Crippen LogP contribution in [0.1, 0.15) is 26.3 Å². The smallest absolute Gasteiger partial charge is 0.324 e. The van der Waals surface area contributed by atoms with Crippen LogP contribution in [0, 0.1) is 11.3 Å². The number of nitrogens with two attached hydrogens (primary N) is 2. The van der Waals surface area contributed by atoms with E-state index in [2.05, 4.69) is 4.74 Å². The van der Waals surface area contributed by atoms with Crippen molar-refractivity contribution in [1.82, 2.24) is 0 Å². The van der Waals surface area contributed by atoms with Crippen LogP contribution in [0.5, 0.6) is 0 Å². The first kappa shape index (κ1) is 20.4. The third-order valence-electron chi connectivity index (χ3n) is 1.88. The predicted molar refractivity (Wildman–Crippen MR) is 80.8 cm³/mol. The minimum atomic E-state index is -0.708. The van der Waals surface area contributed by atoms with Crippen molar-refractivity contribution in [3.05, 3.63) is 35.9 Å². The minimum absolute atomic E-state index is 0.249. The highest BCUT2D eigenvalue weighted by Gasteiger charge is 2.14. The number of nitriles is 1. The highest BCUT2D eigenvalue weighted by atomic mass is 16.5. The van der Waals surface area contributed by atoms with Crippen molar-refractivity contribution in [2.24, 2.45) is 11.5 Å². The number of esters is 1. The van der Waals surface area contributed by atoms with Gasteiger partial charge in [-0.25, -0.2) is 0 Å². The lowest BCUT2D eigenvalue weighted by atomic mass is 10.1. The molecule has 0 bridgehead atoms. The van der Waals surface area contributed by atoms with Crippen molar-refractivity contribution >= 4 is 5.97 Å². The lowest BCUT2D eigenvalue weighted by Crippen LogP contribution is -2.34. The van der Waals surface area contributed by atoms with Gasteiger partial charge >= 0.3 is 5.97 Å². The molecule has 0 aliphatic heterocycles. The zero-order chi connectivity index (χ0) is 15.8. The van der Waals surface area contributed by atoms with Crippen LogP contribution in [-0.2, 0) is 16.0 Å². The molecule has 5 nitrogen and oxygen atoms in total. The van der Waals surface area contributed by atoms with Gasteiger partial charge in [0.2, 0.25) is 0 Å². The van der Waals surface area contributed by atoms with Gasteiger partial charge in [0, 0.05) is 0 Å². The molecule has 1 rings (SSSR count). The molecule has 0 amide bonds. The molecule has 0 saturated carbocycles. The Morgan fingerprint density at radius 1 is 1.35 bits per heavy atom. The average molecular weight is 279 g/mol. The molecular formula is C15H25N3O2. The van der Waals surface area contributed by atoms with E-state index in [4.69, 9.17) is 16.7 Å². The summed E-state index contributed by atoms with van der Waals surface area (Å²) in [5, 5.41) is 8.22. The van der Waals surface area contributed by atoms with Crippen molar-refractivity contribution in [3.63, 3.8) is 0 Å². The van der Waals surface area contributed by atoms with Gasteiger partial charge < -0.3 is 16.2 Å². The number of carbonyl (C=O) groups excluding carboxylic acids is 1. The lowest BCUT2D eigenvalue weighted by Gasteiger charge is -2.09. The lowest BCUT2D eigenvalue weighted by molar-refractivity contribution is -0.143. The Hall–Kier alpha value is -1.90. The molecule has 0 radical (unpaired) electrons. The third kappa shape index (κ3) is 11.2. The van der Waals surface area contributed by atoms with E-state index in [-0.39, 0.29) is 6.61 Å². The van der Waals surface area contributed by atoms with Crippen LogP contribution in [-0.4, -0.2) is 25.2 Å². The Morgan fingerprint density at radius 2 is 1.85 bits per heavy atom. The van der Waals surface area contributed by atoms with Crippen molar-refractivity contribution < 1.29 is 9.53 Å². The molecule has 112 valence electrons. The van der Waals surface area contributed by atoms with Crippen molar-refractivity contribution in [3.8, 4) is 6.07 Å². The van der Waals surface area contributed by atoms with Gasteiger partial charge in [0.1, 0.15) is 12.1 Å². The number of ether oxygens (including phenoxy) is 1. The molecule has 1 aromatic rings. The van der Waals surface area contributed by atoms with Gasteiger partial charge in [-0.3, -0.25) is 4.79 Å². The second-order valence-electron chi connectivity index (χ2n) is 3.47. The number of nitrogens with zero attached hydrogens (tertiary/aromatic N) is 1. The molecule has 1 unspecified atom stereocenters. The Kier molecular flexibility index (Phi) is 15.5. The molecule has 0 saturated heterocycles. The predicted octanol–water partition coefficient (Wildman–Crippen LogP) is 1.61. The Morgan fingerprint density at radius 3 is 2.30 bits per heavy atom. The van der Waals surface area contributed by atoms with E-state index in [1.54, 1.807) is 6.07 Å². The van der Waals surface area contributed by atoms with E-state index in [1.165, 1.54) is 0 Å². The molecule has 0 aliphatic carbocycles. The summed E-state index contributed by atoms with van der Waals surface area (Å²) in [5.74, 6) is -0.541. The monoisotopic (exact) mass is 279 g/mol. The largest absolute Gasteiger partial charge is 0.449 e. The molecule has 20 heavy (non-hydrogen) atoms. The Bertz CT molecular complexity index is 374. The molecule has 0 spiro atoms. The topological polar surface area (TPSA) is 102 Å². The van der Waals surface area contributed by atoms with E-state index in [0.29, 0.717) is 6.42 Å².